The van der Waals surface area contributed by atoms with Gasteiger partial charge in [-0.3, -0.25) is 10.1 Å². The molecule has 6 nitrogen and oxygen atoms in total. The number of nitro groups is 1. The molecule has 1 aromatic carbocycles. The molecule has 0 aliphatic carbocycles. The normalized spacial score (nSPS) is 10.5. The van der Waals surface area contributed by atoms with Gasteiger partial charge in [0.05, 0.1) is 4.92 Å². The zero-order valence-corrected chi connectivity index (χ0v) is 12.6. The minimum Gasteiger partial charge on any atom is -0.479 e. The van der Waals surface area contributed by atoms with Crippen molar-refractivity contribution in [2.45, 2.75) is 26.5 Å². The fourth-order valence-corrected chi connectivity index (χ4v) is 2.34. The zero-order valence-electron chi connectivity index (χ0n) is 11.7. The smallest absolute Gasteiger partial charge is 0.311 e. The Morgan fingerprint density at radius 3 is 3.00 bits per heavy atom. The largest absolute Gasteiger partial charge is 0.479 e. The molecule has 1 N–H and O–H groups in total. The van der Waals surface area contributed by atoms with Crippen molar-refractivity contribution < 1.29 is 9.66 Å². The van der Waals surface area contributed by atoms with Crippen LogP contribution in [0.5, 0.6) is 5.75 Å². The zero-order chi connectivity index (χ0) is 15.1. The summed E-state index contributed by atoms with van der Waals surface area (Å²) in [5.41, 5.74) is 0.860. The van der Waals surface area contributed by atoms with Gasteiger partial charge in [0.25, 0.3) is 0 Å². The van der Waals surface area contributed by atoms with Gasteiger partial charge in [-0.2, -0.15) is 0 Å². The number of ether oxygens (including phenoxy) is 1. The average Bonchev–Trinajstić information content (AvgIpc) is 2.99. The lowest BCUT2D eigenvalue weighted by Gasteiger charge is -2.08. The molecule has 0 saturated heterocycles. The van der Waals surface area contributed by atoms with Crippen molar-refractivity contribution >= 4 is 17.0 Å². The number of hydrogen-bond acceptors (Lipinski definition) is 6. The Labute approximate surface area is 126 Å². The van der Waals surface area contributed by atoms with E-state index in [1.54, 1.807) is 18.3 Å². The lowest BCUT2D eigenvalue weighted by Crippen LogP contribution is -2.13. The molecule has 0 unspecified atom stereocenters. The topological polar surface area (TPSA) is 77.3 Å². The van der Waals surface area contributed by atoms with E-state index in [0.29, 0.717) is 6.54 Å². The Hall–Kier alpha value is -1.99. The van der Waals surface area contributed by atoms with Gasteiger partial charge in [-0.1, -0.05) is 13.0 Å². The number of nitrogens with zero attached hydrogens (tertiary/aromatic N) is 2. The molecular weight excluding hydrogens is 290 g/mol. The lowest BCUT2D eigenvalue weighted by atomic mass is 10.2. The van der Waals surface area contributed by atoms with Crippen LogP contribution in [0.3, 0.4) is 0 Å². The third-order valence-electron chi connectivity index (χ3n) is 2.81. The van der Waals surface area contributed by atoms with Crippen LogP contribution in [-0.2, 0) is 13.2 Å². The van der Waals surface area contributed by atoms with E-state index in [2.05, 4.69) is 17.2 Å². The highest BCUT2D eigenvalue weighted by Crippen LogP contribution is 2.28. The minimum atomic E-state index is -0.416. The third-order valence-corrected chi connectivity index (χ3v) is 3.56. The summed E-state index contributed by atoms with van der Waals surface area (Å²) >= 11 is 1.46. The summed E-state index contributed by atoms with van der Waals surface area (Å²) in [7, 11) is 0. The van der Waals surface area contributed by atoms with Crippen molar-refractivity contribution in [3.63, 3.8) is 0 Å². The molecule has 0 spiro atoms. The van der Waals surface area contributed by atoms with Crippen LogP contribution in [0.2, 0.25) is 0 Å². The molecule has 0 saturated carbocycles. The Bertz CT molecular complexity index is 587. The maximum atomic E-state index is 11.2. The molecule has 0 amide bonds. The fraction of sp³-hybridized carbons (Fsp3) is 0.357. The van der Waals surface area contributed by atoms with Crippen molar-refractivity contribution in [1.29, 1.82) is 0 Å². The Kier molecular flexibility index (Phi) is 5.65. The molecule has 1 aromatic heterocycles. The number of nitro benzene ring substituents is 1. The molecule has 7 heteroatoms. The number of rotatable bonds is 8. The van der Waals surface area contributed by atoms with E-state index in [0.717, 1.165) is 23.5 Å². The van der Waals surface area contributed by atoms with E-state index >= 15 is 0 Å². The summed E-state index contributed by atoms with van der Waals surface area (Å²) in [6.07, 6.45) is 2.71. The van der Waals surface area contributed by atoms with Gasteiger partial charge in [0, 0.05) is 24.2 Å². The van der Waals surface area contributed by atoms with E-state index in [9.17, 15) is 10.1 Å². The number of thiazole rings is 1. The first-order valence-corrected chi connectivity index (χ1v) is 7.58. The van der Waals surface area contributed by atoms with Crippen LogP contribution in [0, 0.1) is 10.1 Å². The van der Waals surface area contributed by atoms with Crippen LogP contribution in [0.4, 0.5) is 5.69 Å². The molecular formula is C14H17N3O3S. The number of aromatic nitrogens is 1. The van der Waals surface area contributed by atoms with E-state index in [1.165, 1.54) is 11.3 Å². The van der Waals surface area contributed by atoms with E-state index in [-0.39, 0.29) is 18.0 Å². The third kappa shape index (κ3) is 4.51. The molecule has 0 bridgehead atoms. The van der Waals surface area contributed by atoms with Gasteiger partial charge < -0.3 is 10.1 Å². The molecule has 0 atom stereocenters. The molecule has 2 rings (SSSR count). The predicted molar refractivity (Wildman–Crippen MR) is 81.5 cm³/mol. The molecule has 0 aliphatic heterocycles. The predicted octanol–water partition coefficient (Wildman–Crippen LogP) is 3.13. The quantitative estimate of drug-likeness (QED) is 0.460. The monoisotopic (exact) mass is 307 g/mol. The number of hydrogen-bond donors (Lipinski definition) is 1. The van der Waals surface area contributed by atoms with Crippen molar-refractivity contribution in [2.75, 3.05) is 6.54 Å². The Morgan fingerprint density at radius 2 is 2.33 bits per heavy atom. The first-order valence-electron chi connectivity index (χ1n) is 6.70. The fourth-order valence-electron chi connectivity index (χ4n) is 1.81. The van der Waals surface area contributed by atoms with Crippen LogP contribution in [0.1, 0.15) is 23.9 Å². The SMILES string of the molecule is CCCNCc1ccc(OCc2nccs2)c([N+](=O)[O-])c1. The maximum Gasteiger partial charge on any atom is 0.311 e. The second-order valence-electron chi connectivity index (χ2n) is 4.45. The average molecular weight is 307 g/mol. The summed E-state index contributed by atoms with van der Waals surface area (Å²) in [5, 5.41) is 17.0. The van der Waals surface area contributed by atoms with Gasteiger partial charge in [-0.25, -0.2) is 4.98 Å². The highest BCUT2D eigenvalue weighted by Gasteiger charge is 2.16. The lowest BCUT2D eigenvalue weighted by molar-refractivity contribution is -0.386. The summed E-state index contributed by atoms with van der Waals surface area (Å²) in [6, 6.07) is 5.04. The van der Waals surface area contributed by atoms with Crippen LogP contribution < -0.4 is 10.1 Å². The summed E-state index contributed by atoms with van der Waals surface area (Å²) in [4.78, 5) is 14.8. The minimum absolute atomic E-state index is 0.0117. The number of nitrogens with one attached hydrogen (secondary N) is 1. The van der Waals surface area contributed by atoms with Crippen LogP contribution >= 0.6 is 11.3 Å². The summed E-state index contributed by atoms with van der Waals surface area (Å²) in [6.45, 7) is 3.81. The molecule has 1 heterocycles. The van der Waals surface area contributed by atoms with Gasteiger partial charge in [-0.05, 0) is 24.6 Å². The molecule has 0 radical (unpaired) electrons. The number of benzene rings is 1. The molecule has 2 aromatic rings. The Morgan fingerprint density at radius 1 is 1.48 bits per heavy atom. The molecule has 0 aliphatic rings. The van der Waals surface area contributed by atoms with Gasteiger partial charge in [0.1, 0.15) is 11.6 Å². The highest BCUT2D eigenvalue weighted by molar-refractivity contribution is 7.09. The molecule has 21 heavy (non-hydrogen) atoms. The first-order chi connectivity index (χ1) is 10.2. The molecule has 0 fully saturated rings. The van der Waals surface area contributed by atoms with Crippen molar-refractivity contribution in [3.8, 4) is 5.75 Å². The van der Waals surface area contributed by atoms with Gasteiger partial charge >= 0.3 is 5.69 Å². The second kappa shape index (κ2) is 7.70. The first kappa shape index (κ1) is 15.4. The van der Waals surface area contributed by atoms with Crippen molar-refractivity contribution in [2.24, 2.45) is 0 Å². The van der Waals surface area contributed by atoms with Crippen LogP contribution in [0.15, 0.2) is 29.8 Å². The van der Waals surface area contributed by atoms with Gasteiger partial charge in [0.2, 0.25) is 0 Å². The molecule has 112 valence electrons. The van der Waals surface area contributed by atoms with Gasteiger partial charge in [0.15, 0.2) is 5.75 Å². The van der Waals surface area contributed by atoms with Gasteiger partial charge in [-0.15, -0.1) is 11.3 Å². The van der Waals surface area contributed by atoms with E-state index in [4.69, 9.17) is 4.74 Å². The van der Waals surface area contributed by atoms with Crippen LogP contribution in [0.25, 0.3) is 0 Å². The highest BCUT2D eigenvalue weighted by atomic mass is 32.1. The van der Waals surface area contributed by atoms with E-state index in [1.807, 2.05) is 11.4 Å². The van der Waals surface area contributed by atoms with Crippen molar-refractivity contribution in [1.82, 2.24) is 10.3 Å². The van der Waals surface area contributed by atoms with Crippen molar-refractivity contribution in [3.05, 3.63) is 50.5 Å². The standard InChI is InChI=1S/C14H17N3O3S/c1-2-5-15-9-11-3-4-13(12(8-11)17(18)19)20-10-14-16-6-7-21-14/h3-4,6-8,15H,2,5,9-10H2,1H3. The summed E-state index contributed by atoms with van der Waals surface area (Å²) in [5.74, 6) is 0.273. The van der Waals surface area contributed by atoms with E-state index < -0.39 is 4.92 Å². The van der Waals surface area contributed by atoms with Crippen LogP contribution in [-0.4, -0.2) is 16.5 Å². The summed E-state index contributed by atoms with van der Waals surface area (Å²) < 4.78 is 5.51. The Balaban J connectivity index is 2.07. The second-order valence-corrected chi connectivity index (χ2v) is 5.43. The maximum absolute atomic E-state index is 11.2.